The zero-order valence-corrected chi connectivity index (χ0v) is 10.4. The van der Waals surface area contributed by atoms with E-state index in [2.05, 4.69) is 0 Å². The van der Waals surface area contributed by atoms with Gasteiger partial charge in [-0.2, -0.15) is 0 Å². The summed E-state index contributed by atoms with van der Waals surface area (Å²) in [5.74, 6) is -1.20. The van der Waals surface area contributed by atoms with Crippen molar-refractivity contribution in [3.05, 3.63) is 28.8 Å². The Kier molecular flexibility index (Phi) is 4.94. The zero-order chi connectivity index (χ0) is 13.7. The zero-order valence-electron chi connectivity index (χ0n) is 9.60. The largest absolute Gasteiger partial charge is 0.392 e. The van der Waals surface area contributed by atoms with E-state index in [0.717, 1.165) is 0 Å². The number of hydrogen-bond donors (Lipinski definition) is 3. The summed E-state index contributed by atoms with van der Waals surface area (Å²) < 4.78 is 0. The summed E-state index contributed by atoms with van der Waals surface area (Å²) in [6, 6.07) is 4.78. The molecule has 7 heteroatoms. The third kappa shape index (κ3) is 3.90. The van der Waals surface area contributed by atoms with E-state index < -0.39 is 11.8 Å². The van der Waals surface area contributed by atoms with Crippen LogP contribution in [0.3, 0.4) is 0 Å². The lowest BCUT2D eigenvalue weighted by Gasteiger charge is -2.23. The van der Waals surface area contributed by atoms with Gasteiger partial charge in [0.15, 0.2) is 0 Å². The highest BCUT2D eigenvalue weighted by atomic mass is 35.5. The molecular weight excluding hydrogens is 258 g/mol. The van der Waals surface area contributed by atoms with Crippen LogP contribution in [0.2, 0.25) is 5.02 Å². The fourth-order valence-electron chi connectivity index (χ4n) is 1.51. The number of rotatable bonds is 6. The second-order valence-corrected chi connectivity index (χ2v) is 4.14. The summed E-state index contributed by atoms with van der Waals surface area (Å²) in [7, 11) is 0. The Labute approximate surface area is 109 Å². The maximum Gasteiger partial charge on any atom is 0.236 e. The Bertz CT molecular complexity index is 449. The van der Waals surface area contributed by atoms with Crippen LogP contribution < -0.4 is 16.4 Å². The van der Waals surface area contributed by atoms with E-state index in [1.807, 2.05) is 0 Å². The number of carbonyl (C=O) groups is 2. The summed E-state index contributed by atoms with van der Waals surface area (Å²) in [6.07, 6.45) is 0. The minimum atomic E-state index is -0.599. The molecule has 0 heterocycles. The predicted molar refractivity (Wildman–Crippen MR) is 68.0 cm³/mol. The van der Waals surface area contributed by atoms with Gasteiger partial charge in [0.2, 0.25) is 11.8 Å². The summed E-state index contributed by atoms with van der Waals surface area (Å²) >= 11 is 6.01. The highest BCUT2D eigenvalue weighted by molar-refractivity contribution is 6.33. The number of hydrogen-bond acceptors (Lipinski definition) is 4. The van der Waals surface area contributed by atoms with Crippen LogP contribution in [0.15, 0.2) is 18.2 Å². The van der Waals surface area contributed by atoms with Gasteiger partial charge in [-0.15, -0.1) is 0 Å². The third-order valence-corrected chi connectivity index (χ3v) is 2.53. The second-order valence-electron chi connectivity index (χ2n) is 3.73. The number of benzene rings is 1. The van der Waals surface area contributed by atoms with Crippen LogP contribution in [0.4, 0.5) is 5.69 Å². The van der Waals surface area contributed by atoms with E-state index in [1.165, 1.54) is 4.90 Å². The number of halogens is 1. The number of primary amides is 2. The Hall–Kier alpha value is -1.79. The van der Waals surface area contributed by atoms with E-state index in [9.17, 15) is 9.59 Å². The van der Waals surface area contributed by atoms with Crippen LogP contribution in [0, 0.1) is 0 Å². The molecule has 0 radical (unpaired) electrons. The summed E-state index contributed by atoms with van der Waals surface area (Å²) in [5, 5.41) is 9.27. The first kappa shape index (κ1) is 14.3. The standard InChI is InChI=1S/C11H14ClN3O3/c12-8-3-7(6-16)1-2-9(8)15(4-10(13)17)5-11(14)18/h1-3,16H,4-6H2,(H2,13,17)(H2,14,18). The highest BCUT2D eigenvalue weighted by Crippen LogP contribution is 2.26. The second kappa shape index (κ2) is 6.23. The summed E-state index contributed by atoms with van der Waals surface area (Å²) in [4.78, 5) is 23.3. The van der Waals surface area contributed by atoms with E-state index in [0.29, 0.717) is 16.3 Å². The Morgan fingerprint density at radius 3 is 2.17 bits per heavy atom. The molecule has 0 saturated carbocycles. The summed E-state index contributed by atoms with van der Waals surface area (Å²) in [5.41, 5.74) is 11.3. The molecule has 0 atom stereocenters. The van der Waals surface area contributed by atoms with Crippen molar-refractivity contribution in [3.8, 4) is 0 Å². The van der Waals surface area contributed by atoms with E-state index in [-0.39, 0.29) is 19.7 Å². The van der Waals surface area contributed by atoms with Gasteiger partial charge in [-0.1, -0.05) is 17.7 Å². The van der Waals surface area contributed by atoms with Gasteiger partial charge in [-0.05, 0) is 17.7 Å². The van der Waals surface area contributed by atoms with E-state index in [1.54, 1.807) is 18.2 Å². The average molecular weight is 272 g/mol. The van der Waals surface area contributed by atoms with Crippen molar-refractivity contribution in [2.24, 2.45) is 11.5 Å². The predicted octanol–water partition coefficient (Wildman–Crippen LogP) is -0.391. The molecule has 6 nitrogen and oxygen atoms in total. The lowest BCUT2D eigenvalue weighted by molar-refractivity contribution is -0.117. The van der Waals surface area contributed by atoms with Gasteiger partial charge in [0.25, 0.3) is 0 Å². The van der Waals surface area contributed by atoms with Crippen molar-refractivity contribution in [1.29, 1.82) is 0 Å². The molecule has 0 unspecified atom stereocenters. The van der Waals surface area contributed by atoms with Gasteiger partial charge in [0.05, 0.1) is 30.4 Å². The molecule has 1 aromatic rings. The van der Waals surface area contributed by atoms with E-state index >= 15 is 0 Å². The first-order valence-corrected chi connectivity index (χ1v) is 5.52. The third-order valence-electron chi connectivity index (χ3n) is 2.23. The minimum Gasteiger partial charge on any atom is -0.392 e. The van der Waals surface area contributed by atoms with Crippen LogP contribution >= 0.6 is 11.6 Å². The summed E-state index contributed by atoms with van der Waals surface area (Å²) in [6.45, 7) is -0.478. The number of amides is 2. The molecule has 0 spiro atoms. The molecule has 0 aliphatic rings. The number of aliphatic hydroxyl groups excluding tert-OH is 1. The molecule has 0 fully saturated rings. The number of nitrogens with zero attached hydrogens (tertiary/aromatic N) is 1. The molecular formula is C11H14ClN3O3. The number of aliphatic hydroxyl groups is 1. The smallest absolute Gasteiger partial charge is 0.236 e. The van der Waals surface area contributed by atoms with Gasteiger partial charge in [0, 0.05) is 0 Å². The molecule has 98 valence electrons. The number of nitrogens with two attached hydrogens (primary N) is 2. The molecule has 18 heavy (non-hydrogen) atoms. The van der Waals surface area contributed by atoms with Crippen molar-refractivity contribution in [2.45, 2.75) is 6.61 Å². The van der Waals surface area contributed by atoms with Crippen molar-refractivity contribution in [3.63, 3.8) is 0 Å². The SMILES string of the molecule is NC(=O)CN(CC(N)=O)c1ccc(CO)cc1Cl. The maximum absolute atomic E-state index is 10.9. The molecule has 0 bridgehead atoms. The first-order chi connectivity index (χ1) is 8.43. The first-order valence-electron chi connectivity index (χ1n) is 5.15. The molecule has 0 aliphatic carbocycles. The monoisotopic (exact) mass is 271 g/mol. The Morgan fingerprint density at radius 2 is 1.78 bits per heavy atom. The minimum absolute atomic E-state index is 0.147. The fourth-order valence-corrected chi connectivity index (χ4v) is 1.83. The molecule has 0 saturated heterocycles. The quantitative estimate of drug-likeness (QED) is 0.654. The van der Waals surface area contributed by atoms with Crippen LogP contribution in [0.25, 0.3) is 0 Å². The Balaban J connectivity index is 3.03. The number of carbonyl (C=O) groups excluding carboxylic acids is 2. The molecule has 5 N–H and O–H groups in total. The average Bonchev–Trinajstić information content (AvgIpc) is 2.26. The van der Waals surface area contributed by atoms with Gasteiger partial charge in [-0.3, -0.25) is 9.59 Å². The lowest BCUT2D eigenvalue weighted by Crippen LogP contribution is -2.39. The van der Waals surface area contributed by atoms with E-state index in [4.69, 9.17) is 28.2 Å². The van der Waals surface area contributed by atoms with Crippen molar-refractivity contribution in [2.75, 3.05) is 18.0 Å². The molecule has 2 amide bonds. The van der Waals surface area contributed by atoms with Crippen LogP contribution in [0.1, 0.15) is 5.56 Å². The lowest BCUT2D eigenvalue weighted by atomic mass is 10.2. The molecule has 1 aromatic carbocycles. The highest BCUT2D eigenvalue weighted by Gasteiger charge is 2.15. The molecule has 1 rings (SSSR count). The van der Waals surface area contributed by atoms with Crippen molar-refractivity contribution < 1.29 is 14.7 Å². The van der Waals surface area contributed by atoms with Gasteiger partial charge in [-0.25, -0.2) is 0 Å². The van der Waals surface area contributed by atoms with Crippen LogP contribution in [-0.4, -0.2) is 30.0 Å². The van der Waals surface area contributed by atoms with Crippen LogP contribution in [0.5, 0.6) is 0 Å². The topological polar surface area (TPSA) is 110 Å². The van der Waals surface area contributed by atoms with Gasteiger partial charge < -0.3 is 21.5 Å². The van der Waals surface area contributed by atoms with Crippen molar-refractivity contribution in [1.82, 2.24) is 0 Å². The maximum atomic E-state index is 10.9. The fraction of sp³-hybridized carbons (Fsp3) is 0.273. The van der Waals surface area contributed by atoms with Crippen LogP contribution in [-0.2, 0) is 16.2 Å². The van der Waals surface area contributed by atoms with Gasteiger partial charge in [0.1, 0.15) is 0 Å². The molecule has 0 aromatic heterocycles. The normalized spacial score (nSPS) is 10.1. The van der Waals surface area contributed by atoms with Crippen molar-refractivity contribution >= 4 is 29.1 Å². The van der Waals surface area contributed by atoms with Gasteiger partial charge >= 0.3 is 0 Å². The Morgan fingerprint density at radius 1 is 1.22 bits per heavy atom. The molecule has 0 aliphatic heterocycles. The number of anilines is 1.